The van der Waals surface area contributed by atoms with Crippen LogP contribution in [0, 0.1) is 11.3 Å². The standard InChI is InChI=1S/C13H15BrN2S/c1-2-13-9-16(3-4-17-13)12-6-10(8-15)5-11(14)7-12/h5-7,13H,2-4,9H2,1H3. The minimum atomic E-state index is 0.716. The van der Waals surface area contributed by atoms with Crippen molar-refractivity contribution in [1.29, 1.82) is 5.26 Å². The molecule has 1 unspecified atom stereocenters. The zero-order valence-electron chi connectivity index (χ0n) is 9.82. The minimum absolute atomic E-state index is 0.716. The van der Waals surface area contributed by atoms with E-state index in [2.05, 4.69) is 51.7 Å². The second-order valence-corrected chi connectivity index (χ2v) is 6.48. The molecule has 17 heavy (non-hydrogen) atoms. The number of rotatable bonds is 2. The summed E-state index contributed by atoms with van der Waals surface area (Å²) < 4.78 is 0.984. The van der Waals surface area contributed by atoms with Gasteiger partial charge in [-0.15, -0.1) is 0 Å². The van der Waals surface area contributed by atoms with Gasteiger partial charge in [-0.25, -0.2) is 0 Å². The average molecular weight is 311 g/mol. The van der Waals surface area contributed by atoms with Crippen molar-refractivity contribution in [2.75, 3.05) is 23.7 Å². The first-order chi connectivity index (χ1) is 8.22. The van der Waals surface area contributed by atoms with Crippen molar-refractivity contribution in [3.63, 3.8) is 0 Å². The molecule has 0 radical (unpaired) electrons. The van der Waals surface area contributed by atoms with Crippen LogP contribution in [0.2, 0.25) is 0 Å². The molecule has 1 aliphatic heterocycles. The molecule has 1 heterocycles. The van der Waals surface area contributed by atoms with Crippen LogP contribution in [-0.4, -0.2) is 24.1 Å². The van der Waals surface area contributed by atoms with Gasteiger partial charge in [0.2, 0.25) is 0 Å². The molecule has 0 saturated carbocycles. The Kier molecular flexibility index (Phi) is 4.36. The van der Waals surface area contributed by atoms with E-state index in [9.17, 15) is 0 Å². The summed E-state index contributed by atoms with van der Waals surface area (Å²) in [6, 6.07) is 8.15. The highest BCUT2D eigenvalue weighted by Crippen LogP contribution is 2.28. The molecule has 1 aromatic carbocycles. The van der Waals surface area contributed by atoms with Gasteiger partial charge in [0.15, 0.2) is 0 Å². The molecule has 90 valence electrons. The van der Waals surface area contributed by atoms with E-state index in [0.717, 1.165) is 28.8 Å². The van der Waals surface area contributed by atoms with E-state index in [4.69, 9.17) is 5.26 Å². The maximum absolute atomic E-state index is 8.99. The van der Waals surface area contributed by atoms with Crippen LogP contribution in [-0.2, 0) is 0 Å². The fraction of sp³-hybridized carbons (Fsp3) is 0.462. The summed E-state index contributed by atoms with van der Waals surface area (Å²) in [4.78, 5) is 2.39. The molecular weight excluding hydrogens is 296 g/mol. The van der Waals surface area contributed by atoms with E-state index in [1.165, 1.54) is 12.2 Å². The molecule has 0 spiro atoms. The molecule has 0 amide bonds. The van der Waals surface area contributed by atoms with Crippen molar-refractivity contribution in [3.8, 4) is 6.07 Å². The molecule has 1 aromatic rings. The maximum Gasteiger partial charge on any atom is 0.0992 e. The van der Waals surface area contributed by atoms with Gasteiger partial charge in [0.05, 0.1) is 11.6 Å². The van der Waals surface area contributed by atoms with Gasteiger partial charge in [-0.05, 0) is 24.6 Å². The van der Waals surface area contributed by atoms with E-state index < -0.39 is 0 Å². The van der Waals surface area contributed by atoms with E-state index in [1.54, 1.807) is 0 Å². The highest BCUT2D eigenvalue weighted by Gasteiger charge is 2.19. The number of thioether (sulfide) groups is 1. The second kappa shape index (κ2) is 5.79. The average Bonchev–Trinajstić information content (AvgIpc) is 2.38. The van der Waals surface area contributed by atoms with Crippen LogP contribution < -0.4 is 4.90 Å². The number of anilines is 1. The quantitative estimate of drug-likeness (QED) is 0.834. The Morgan fingerprint density at radius 3 is 3.06 bits per heavy atom. The second-order valence-electron chi connectivity index (χ2n) is 4.16. The first kappa shape index (κ1) is 12.8. The van der Waals surface area contributed by atoms with Gasteiger partial charge in [0.25, 0.3) is 0 Å². The molecule has 1 aliphatic rings. The van der Waals surface area contributed by atoms with E-state index >= 15 is 0 Å². The third-order valence-corrected chi connectivity index (χ3v) is 4.80. The van der Waals surface area contributed by atoms with Gasteiger partial charge in [0, 0.05) is 34.3 Å². The van der Waals surface area contributed by atoms with Crippen molar-refractivity contribution in [2.24, 2.45) is 0 Å². The van der Waals surface area contributed by atoms with E-state index in [1.807, 2.05) is 12.1 Å². The van der Waals surface area contributed by atoms with Crippen LogP contribution in [0.3, 0.4) is 0 Å². The Balaban J connectivity index is 2.21. The summed E-state index contributed by atoms with van der Waals surface area (Å²) in [5.74, 6) is 1.17. The van der Waals surface area contributed by atoms with Crippen LogP contribution >= 0.6 is 27.7 Å². The van der Waals surface area contributed by atoms with Crippen molar-refractivity contribution < 1.29 is 0 Å². The summed E-state index contributed by atoms with van der Waals surface area (Å²) in [5.41, 5.74) is 1.88. The SMILES string of the molecule is CCC1CN(c2cc(Br)cc(C#N)c2)CCS1. The largest absolute Gasteiger partial charge is 0.370 e. The summed E-state index contributed by atoms with van der Waals surface area (Å²) >= 11 is 5.53. The molecule has 4 heteroatoms. The molecule has 2 nitrogen and oxygen atoms in total. The van der Waals surface area contributed by atoms with E-state index in [0.29, 0.717) is 5.25 Å². The molecule has 2 rings (SSSR count). The third-order valence-electron chi connectivity index (χ3n) is 2.97. The highest BCUT2D eigenvalue weighted by atomic mass is 79.9. The lowest BCUT2D eigenvalue weighted by Gasteiger charge is -2.33. The van der Waals surface area contributed by atoms with Gasteiger partial charge in [-0.1, -0.05) is 22.9 Å². The first-order valence-electron chi connectivity index (χ1n) is 5.80. The maximum atomic E-state index is 8.99. The van der Waals surface area contributed by atoms with Crippen LogP contribution in [0.1, 0.15) is 18.9 Å². The lowest BCUT2D eigenvalue weighted by molar-refractivity contribution is 0.728. The van der Waals surface area contributed by atoms with Gasteiger partial charge < -0.3 is 4.90 Å². The zero-order valence-corrected chi connectivity index (χ0v) is 12.2. The fourth-order valence-electron chi connectivity index (χ4n) is 2.02. The number of halogens is 1. The smallest absolute Gasteiger partial charge is 0.0992 e. The van der Waals surface area contributed by atoms with Crippen LogP contribution in [0.15, 0.2) is 22.7 Å². The number of nitriles is 1. The Morgan fingerprint density at radius 2 is 2.35 bits per heavy atom. The Labute approximate surface area is 115 Å². The third kappa shape index (κ3) is 3.17. The highest BCUT2D eigenvalue weighted by molar-refractivity contribution is 9.10. The molecule has 0 N–H and O–H groups in total. The lowest BCUT2D eigenvalue weighted by atomic mass is 10.2. The normalized spacial score (nSPS) is 20.1. The Bertz CT molecular complexity index is 442. The Hall–Kier alpha value is -0.660. The minimum Gasteiger partial charge on any atom is -0.370 e. The first-order valence-corrected chi connectivity index (χ1v) is 7.64. The summed E-state index contributed by atoms with van der Waals surface area (Å²) in [6.45, 7) is 4.40. The Morgan fingerprint density at radius 1 is 1.53 bits per heavy atom. The van der Waals surface area contributed by atoms with Crippen molar-refractivity contribution in [1.82, 2.24) is 0 Å². The molecule has 1 saturated heterocycles. The molecular formula is C13H15BrN2S. The molecule has 1 fully saturated rings. The van der Waals surface area contributed by atoms with Gasteiger partial charge >= 0.3 is 0 Å². The monoisotopic (exact) mass is 310 g/mol. The number of benzene rings is 1. The van der Waals surface area contributed by atoms with Gasteiger partial charge in [-0.2, -0.15) is 17.0 Å². The summed E-state index contributed by atoms with van der Waals surface area (Å²) in [6.07, 6.45) is 1.21. The molecule has 1 atom stereocenters. The van der Waals surface area contributed by atoms with Crippen molar-refractivity contribution >= 4 is 33.4 Å². The topological polar surface area (TPSA) is 27.0 Å². The molecule has 0 aromatic heterocycles. The predicted octanol–water partition coefficient (Wildman–Crippen LogP) is 3.65. The van der Waals surface area contributed by atoms with Crippen LogP contribution in [0.5, 0.6) is 0 Å². The summed E-state index contributed by atoms with van der Waals surface area (Å²) in [7, 11) is 0. The number of hydrogen-bond donors (Lipinski definition) is 0. The predicted molar refractivity (Wildman–Crippen MR) is 77.6 cm³/mol. The zero-order chi connectivity index (χ0) is 12.3. The fourth-order valence-corrected chi connectivity index (χ4v) is 3.68. The number of hydrogen-bond acceptors (Lipinski definition) is 3. The van der Waals surface area contributed by atoms with Gasteiger partial charge in [-0.3, -0.25) is 0 Å². The lowest BCUT2D eigenvalue weighted by Crippen LogP contribution is -2.37. The van der Waals surface area contributed by atoms with E-state index in [-0.39, 0.29) is 0 Å². The van der Waals surface area contributed by atoms with Crippen molar-refractivity contribution in [2.45, 2.75) is 18.6 Å². The molecule has 0 aliphatic carbocycles. The number of nitrogens with zero attached hydrogens (tertiary/aromatic N) is 2. The van der Waals surface area contributed by atoms with Crippen LogP contribution in [0.4, 0.5) is 5.69 Å². The van der Waals surface area contributed by atoms with Crippen molar-refractivity contribution in [3.05, 3.63) is 28.2 Å². The summed E-state index contributed by atoms with van der Waals surface area (Å²) in [5, 5.41) is 9.71. The molecule has 0 bridgehead atoms. The van der Waals surface area contributed by atoms with Crippen LogP contribution in [0.25, 0.3) is 0 Å². The van der Waals surface area contributed by atoms with Gasteiger partial charge in [0.1, 0.15) is 0 Å².